The summed E-state index contributed by atoms with van der Waals surface area (Å²) in [6, 6.07) is 6.98. The molecule has 0 heterocycles. The van der Waals surface area contributed by atoms with E-state index in [9.17, 15) is 9.59 Å². The number of ether oxygens (including phenoxy) is 2. The smallest absolute Gasteiger partial charge is 0.332 e. The fraction of sp³-hybridized carbons (Fsp3) is 0.267. The average molecular weight is 291 g/mol. The molecule has 0 unspecified atom stereocenters. The van der Waals surface area contributed by atoms with Gasteiger partial charge in [0.2, 0.25) is 0 Å². The summed E-state index contributed by atoms with van der Waals surface area (Å²) in [7, 11) is 1.54. The number of rotatable bonds is 6. The highest BCUT2D eigenvalue weighted by Gasteiger charge is 2.05. The molecule has 0 bridgehead atoms. The second kappa shape index (κ2) is 8.52. The molecular formula is C15H17NO5. The van der Waals surface area contributed by atoms with Gasteiger partial charge in [-0.15, -0.1) is 0 Å². The Kier molecular flexibility index (Phi) is 6.67. The molecule has 0 aliphatic heterocycles. The number of hydrogen-bond donors (Lipinski definition) is 0. The SMILES string of the molecule is CCOC(=O)/C=C/C(=N\OC(C)=O)c1cccc(OC)c1. The third kappa shape index (κ3) is 5.90. The number of oxime groups is 1. The van der Waals surface area contributed by atoms with Crippen LogP contribution >= 0.6 is 0 Å². The fourth-order valence-corrected chi connectivity index (χ4v) is 1.41. The molecule has 0 atom stereocenters. The van der Waals surface area contributed by atoms with E-state index in [1.165, 1.54) is 26.2 Å². The highest BCUT2D eigenvalue weighted by atomic mass is 16.7. The maximum Gasteiger partial charge on any atom is 0.332 e. The Balaban J connectivity index is 3.04. The topological polar surface area (TPSA) is 74.2 Å². The van der Waals surface area contributed by atoms with Gasteiger partial charge in [-0.2, -0.15) is 0 Å². The van der Waals surface area contributed by atoms with Crippen molar-refractivity contribution in [3.05, 3.63) is 42.0 Å². The minimum atomic E-state index is -0.556. The number of allylic oxidation sites excluding steroid dienone is 1. The summed E-state index contributed by atoms with van der Waals surface area (Å²) in [6.45, 7) is 3.22. The van der Waals surface area contributed by atoms with Gasteiger partial charge in [0.15, 0.2) is 0 Å². The molecular weight excluding hydrogens is 274 g/mol. The van der Waals surface area contributed by atoms with E-state index in [2.05, 4.69) is 9.99 Å². The summed E-state index contributed by atoms with van der Waals surface area (Å²) in [4.78, 5) is 26.8. The van der Waals surface area contributed by atoms with E-state index in [0.717, 1.165) is 0 Å². The number of carbonyl (C=O) groups excluding carboxylic acids is 2. The first kappa shape index (κ1) is 16.4. The molecule has 0 aliphatic carbocycles. The van der Waals surface area contributed by atoms with Crippen LogP contribution in [0.3, 0.4) is 0 Å². The summed E-state index contributed by atoms with van der Waals surface area (Å²) >= 11 is 0. The lowest BCUT2D eigenvalue weighted by Crippen LogP contribution is -2.04. The van der Waals surface area contributed by atoms with E-state index < -0.39 is 11.9 Å². The summed E-state index contributed by atoms with van der Waals surface area (Å²) in [5, 5.41) is 3.72. The van der Waals surface area contributed by atoms with Gasteiger partial charge in [0.25, 0.3) is 0 Å². The molecule has 0 fully saturated rings. The van der Waals surface area contributed by atoms with Crippen molar-refractivity contribution in [1.29, 1.82) is 0 Å². The number of hydrogen-bond acceptors (Lipinski definition) is 6. The zero-order valence-electron chi connectivity index (χ0n) is 12.2. The van der Waals surface area contributed by atoms with Crippen LogP contribution in [0.25, 0.3) is 0 Å². The summed E-state index contributed by atoms with van der Waals surface area (Å²) < 4.78 is 9.90. The van der Waals surface area contributed by atoms with Crippen LogP contribution < -0.4 is 4.74 Å². The monoisotopic (exact) mass is 291 g/mol. The first-order chi connectivity index (χ1) is 10.1. The number of methoxy groups -OCH3 is 1. The summed E-state index contributed by atoms with van der Waals surface area (Å²) in [6.07, 6.45) is 2.63. The van der Waals surface area contributed by atoms with Gasteiger partial charge in [-0.25, -0.2) is 9.59 Å². The predicted octanol–water partition coefficient (Wildman–Crippen LogP) is 2.08. The van der Waals surface area contributed by atoms with Crippen molar-refractivity contribution < 1.29 is 23.9 Å². The molecule has 1 aromatic rings. The lowest BCUT2D eigenvalue weighted by molar-refractivity contribution is -0.141. The highest BCUT2D eigenvalue weighted by molar-refractivity contribution is 6.10. The van der Waals surface area contributed by atoms with Crippen molar-refractivity contribution in [1.82, 2.24) is 0 Å². The minimum Gasteiger partial charge on any atom is -0.497 e. The molecule has 112 valence electrons. The van der Waals surface area contributed by atoms with E-state index in [-0.39, 0.29) is 6.61 Å². The second-order valence-corrected chi connectivity index (χ2v) is 3.88. The lowest BCUT2D eigenvalue weighted by atomic mass is 10.1. The van der Waals surface area contributed by atoms with Crippen molar-refractivity contribution in [3.63, 3.8) is 0 Å². The number of benzene rings is 1. The largest absolute Gasteiger partial charge is 0.497 e. The normalized spacial score (nSPS) is 11.3. The quantitative estimate of drug-likeness (QED) is 0.264. The maximum absolute atomic E-state index is 11.3. The molecule has 6 heteroatoms. The molecule has 0 radical (unpaired) electrons. The van der Waals surface area contributed by atoms with E-state index in [1.807, 2.05) is 0 Å². The van der Waals surface area contributed by atoms with Crippen LogP contribution in [0.5, 0.6) is 5.75 Å². The Bertz CT molecular complexity index is 563. The van der Waals surface area contributed by atoms with Gasteiger partial charge >= 0.3 is 11.9 Å². The van der Waals surface area contributed by atoms with Crippen LogP contribution in [-0.4, -0.2) is 31.4 Å². The van der Waals surface area contributed by atoms with Crippen molar-refractivity contribution in [2.75, 3.05) is 13.7 Å². The van der Waals surface area contributed by atoms with Crippen LogP contribution in [0, 0.1) is 0 Å². The van der Waals surface area contributed by atoms with Gasteiger partial charge in [-0.05, 0) is 25.1 Å². The fourth-order valence-electron chi connectivity index (χ4n) is 1.41. The van der Waals surface area contributed by atoms with Crippen LogP contribution in [0.4, 0.5) is 0 Å². The van der Waals surface area contributed by atoms with Gasteiger partial charge in [0.05, 0.1) is 13.7 Å². The Morgan fingerprint density at radius 1 is 1.29 bits per heavy atom. The number of esters is 1. The zero-order chi connectivity index (χ0) is 15.7. The summed E-state index contributed by atoms with van der Waals surface area (Å²) in [5.41, 5.74) is 0.938. The Morgan fingerprint density at radius 2 is 2.05 bits per heavy atom. The Morgan fingerprint density at radius 3 is 2.67 bits per heavy atom. The first-order valence-electron chi connectivity index (χ1n) is 6.31. The molecule has 0 aliphatic rings. The molecule has 21 heavy (non-hydrogen) atoms. The Labute approximate surface area is 123 Å². The van der Waals surface area contributed by atoms with Gasteiger partial charge in [0, 0.05) is 18.6 Å². The lowest BCUT2D eigenvalue weighted by Gasteiger charge is -2.04. The van der Waals surface area contributed by atoms with Gasteiger partial charge < -0.3 is 14.3 Å². The first-order valence-corrected chi connectivity index (χ1v) is 6.31. The van der Waals surface area contributed by atoms with Crippen LogP contribution in [0.2, 0.25) is 0 Å². The molecule has 0 spiro atoms. The predicted molar refractivity (Wildman–Crippen MR) is 77.1 cm³/mol. The van der Waals surface area contributed by atoms with Crippen molar-refractivity contribution in [2.24, 2.45) is 5.16 Å². The molecule has 1 rings (SSSR count). The average Bonchev–Trinajstić information content (AvgIpc) is 2.47. The highest BCUT2D eigenvalue weighted by Crippen LogP contribution is 2.14. The number of nitrogens with zero attached hydrogens (tertiary/aromatic N) is 1. The number of carbonyl (C=O) groups is 2. The molecule has 0 N–H and O–H groups in total. The van der Waals surface area contributed by atoms with Crippen molar-refractivity contribution in [3.8, 4) is 5.75 Å². The van der Waals surface area contributed by atoms with Crippen molar-refractivity contribution >= 4 is 17.7 Å². The minimum absolute atomic E-state index is 0.277. The van der Waals surface area contributed by atoms with E-state index in [0.29, 0.717) is 17.0 Å². The molecule has 1 aromatic carbocycles. The zero-order valence-corrected chi connectivity index (χ0v) is 12.2. The molecule has 0 aromatic heterocycles. The third-order valence-electron chi connectivity index (χ3n) is 2.30. The second-order valence-electron chi connectivity index (χ2n) is 3.88. The molecule has 0 saturated heterocycles. The summed E-state index contributed by atoms with van der Waals surface area (Å²) in [5.74, 6) is -0.441. The van der Waals surface area contributed by atoms with Crippen LogP contribution in [0.1, 0.15) is 19.4 Å². The van der Waals surface area contributed by atoms with Crippen LogP contribution in [0.15, 0.2) is 41.6 Å². The molecule has 0 saturated carbocycles. The van der Waals surface area contributed by atoms with Crippen molar-refractivity contribution in [2.45, 2.75) is 13.8 Å². The Hall–Kier alpha value is -2.63. The van der Waals surface area contributed by atoms with E-state index >= 15 is 0 Å². The van der Waals surface area contributed by atoms with E-state index in [4.69, 9.17) is 9.47 Å². The third-order valence-corrected chi connectivity index (χ3v) is 2.30. The molecule has 0 amide bonds. The standard InChI is InChI=1S/C15H17NO5/c1-4-20-15(18)9-8-14(16-21-11(2)17)12-6-5-7-13(10-12)19-3/h5-10H,4H2,1-3H3/b9-8+,16-14+. The van der Waals surface area contributed by atoms with Gasteiger partial charge in [0.1, 0.15) is 11.5 Å². The van der Waals surface area contributed by atoms with E-state index in [1.54, 1.807) is 31.2 Å². The van der Waals surface area contributed by atoms with Gasteiger partial charge in [-0.1, -0.05) is 17.3 Å². The van der Waals surface area contributed by atoms with Gasteiger partial charge in [-0.3, -0.25) is 0 Å². The van der Waals surface area contributed by atoms with Crippen LogP contribution in [-0.2, 0) is 19.2 Å². The molecule has 6 nitrogen and oxygen atoms in total. The maximum atomic E-state index is 11.3.